The number of hydrogen-bond acceptors (Lipinski definition) is 5. The van der Waals surface area contributed by atoms with Crippen molar-refractivity contribution in [1.82, 2.24) is 15.0 Å². The summed E-state index contributed by atoms with van der Waals surface area (Å²) in [7, 11) is 0. The fourth-order valence-corrected chi connectivity index (χ4v) is 3.58. The number of nitrogens with two attached hydrogens (primary N) is 1. The molecule has 1 saturated heterocycles. The molecule has 0 bridgehead atoms. The molecule has 2 aromatic heterocycles. The number of aromatic nitrogens is 3. The summed E-state index contributed by atoms with van der Waals surface area (Å²) in [5, 5.41) is 0. The first-order chi connectivity index (χ1) is 13.0. The number of H-pyrrole nitrogens is 2. The van der Waals surface area contributed by atoms with Gasteiger partial charge in [0.2, 0.25) is 5.95 Å². The Kier molecular flexibility index (Phi) is 4.45. The van der Waals surface area contributed by atoms with E-state index in [1.54, 1.807) is 31.3 Å². The van der Waals surface area contributed by atoms with Gasteiger partial charge < -0.3 is 20.2 Å². The molecule has 0 saturated carbocycles. The number of benzene rings is 1. The average Bonchev–Trinajstić information content (AvgIpc) is 3.07. The molecule has 4 rings (SSSR count). The summed E-state index contributed by atoms with van der Waals surface area (Å²) in [6.07, 6.45) is 3.78. The third-order valence-corrected chi connectivity index (χ3v) is 4.96. The second kappa shape index (κ2) is 6.79. The van der Waals surface area contributed by atoms with Gasteiger partial charge in [-0.15, -0.1) is 0 Å². The van der Waals surface area contributed by atoms with E-state index in [-0.39, 0.29) is 11.5 Å². The third kappa shape index (κ3) is 3.11. The first kappa shape index (κ1) is 17.7. The standard InChI is InChI=1S/C19H21FN4O3/c1-19(11-6-2-3-7-13(11)20,27-14-8-4-5-9-26-14)12-10-22-16-15(12)23-18(21)24-17(16)25/h2-3,6-7,10,14,22H,4-5,8-9H2,1H3,(H3,21,23,24,25). The molecule has 27 heavy (non-hydrogen) atoms. The van der Waals surface area contributed by atoms with E-state index >= 15 is 0 Å². The molecule has 2 atom stereocenters. The predicted molar refractivity (Wildman–Crippen MR) is 98.7 cm³/mol. The summed E-state index contributed by atoms with van der Waals surface area (Å²) in [5.41, 5.74) is 5.57. The monoisotopic (exact) mass is 372 g/mol. The van der Waals surface area contributed by atoms with Crippen LogP contribution < -0.4 is 11.3 Å². The van der Waals surface area contributed by atoms with Crippen molar-refractivity contribution in [3.8, 4) is 0 Å². The van der Waals surface area contributed by atoms with Crippen molar-refractivity contribution >= 4 is 17.0 Å². The Balaban J connectivity index is 1.90. The number of aromatic amines is 2. The highest BCUT2D eigenvalue weighted by atomic mass is 19.1. The van der Waals surface area contributed by atoms with Crippen LogP contribution in [0.5, 0.6) is 0 Å². The molecular formula is C19H21FN4O3. The highest BCUT2D eigenvalue weighted by Crippen LogP contribution is 2.40. The van der Waals surface area contributed by atoms with Gasteiger partial charge in [-0.3, -0.25) is 9.78 Å². The van der Waals surface area contributed by atoms with Crippen molar-refractivity contribution in [2.75, 3.05) is 12.3 Å². The Morgan fingerprint density at radius 3 is 2.89 bits per heavy atom. The number of halogens is 1. The fraction of sp³-hybridized carbons (Fsp3) is 0.368. The van der Waals surface area contributed by atoms with Gasteiger partial charge in [0, 0.05) is 23.9 Å². The lowest BCUT2D eigenvalue weighted by molar-refractivity contribution is -0.212. The molecule has 0 spiro atoms. The van der Waals surface area contributed by atoms with Crippen LogP contribution in [-0.2, 0) is 15.1 Å². The normalized spacial score (nSPS) is 19.9. The summed E-state index contributed by atoms with van der Waals surface area (Å²) in [6.45, 7) is 2.35. The van der Waals surface area contributed by atoms with Gasteiger partial charge in [-0.2, -0.15) is 0 Å². The average molecular weight is 372 g/mol. The smallest absolute Gasteiger partial charge is 0.276 e. The van der Waals surface area contributed by atoms with Crippen LogP contribution in [0.1, 0.15) is 37.3 Å². The van der Waals surface area contributed by atoms with Gasteiger partial charge in [-0.05, 0) is 32.3 Å². The Hall–Kier alpha value is -2.71. The zero-order chi connectivity index (χ0) is 19.0. The predicted octanol–water partition coefficient (Wildman–Crippen LogP) is 2.78. The Bertz CT molecular complexity index is 1030. The molecule has 0 aliphatic carbocycles. The van der Waals surface area contributed by atoms with Crippen molar-refractivity contribution in [3.05, 3.63) is 57.8 Å². The van der Waals surface area contributed by atoms with Crippen LogP contribution in [0, 0.1) is 5.82 Å². The number of nitrogens with one attached hydrogen (secondary N) is 2. The van der Waals surface area contributed by atoms with Crippen LogP contribution in [0.2, 0.25) is 0 Å². The van der Waals surface area contributed by atoms with Crippen LogP contribution in [-0.4, -0.2) is 27.8 Å². The van der Waals surface area contributed by atoms with Crippen LogP contribution in [0.25, 0.3) is 11.0 Å². The van der Waals surface area contributed by atoms with Gasteiger partial charge in [0.1, 0.15) is 22.5 Å². The minimum absolute atomic E-state index is 0.0156. The highest BCUT2D eigenvalue weighted by Gasteiger charge is 2.39. The molecule has 3 heterocycles. The lowest BCUT2D eigenvalue weighted by Crippen LogP contribution is -2.36. The van der Waals surface area contributed by atoms with Crippen molar-refractivity contribution in [2.24, 2.45) is 0 Å². The van der Waals surface area contributed by atoms with E-state index < -0.39 is 23.3 Å². The summed E-state index contributed by atoms with van der Waals surface area (Å²) in [6, 6.07) is 6.40. The summed E-state index contributed by atoms with van der Waals surface area (Å²) >= 11 is 0. The van der Waals surface area contributed by atoms with Gasteiger partial charge in [-0.1, -0.05) is 18.2 Å². The first-order valence-corrected chi connectivity index (χ1v) is 8.91. The van der Waals surface area contributed by atoms with Crippen molar-refractivity contribution in [1.29, 1.82) is 0 Å². The second-order valence-corrected chi connectivity index (χ2v) is 6.80. The molecule has 4 N–H and O–H groups in total. The molecule has 3 aromatic rings. The quantitative estimate of drug-likeness (QED) is 0.653. The minimum Gasteiger partial charge on any atom is -0.369 e. The summed E-state index contributed by atoms with van der Waals surface area (Å²) in [5.74, 6) is -0.430. The Morgan fingerprint density at radius 1 is 1.33 bits per heavy atom. The molecule has 1 aliphatic rings. The van der Waals surface area contributed by atoms with E-state index in [2.05, 4.69) is 15.0 Å². The van der Waals surface area contributed by atoms with Gasteiger partial charge >= 0.3 is 0 Å². The number of fused-ring (bicyclic) bond motifs is 1. The Labute approximate surface area is 154 Å². The Morgan fingerprint density at radius 2 is 2.15 bits per heavy atom. The number of nitrogens with zero attached hydrogens (tertiary/aromatic N) is 1. The van der Waals surface area contributed by atoms with E-state index in [0.717, 1.165) is 12.8 Å². The fourth-order valence-electron chi connectivity index (χ4n) is 3.58. The van der Waals surface area contributed by atoms with Gasteiger partial charge in [-0.25, -0.2) is 9.37 Å². The lowest BCUT2D eigenvalue weighted by atomic mass is 9.88. The molecule has 1 fully saturated rings. The molecule has 1 aliphatic heterocycles. The molecule has 1 aromatic carbocycles. The highest BCUT2D eigenvalue weighted by molar-refractivity contribution is 5.80. The first-order valence-electron chi connectivity index (χ1n) is 8.91. The summed E-state index contributed by atoms with van der Waals surface area (Å²) in [4.78, 5) is 21.8. The molecule has 0 radical (unpaired) electrons. The maximum Gasteiger partial charge on any atom is 0.276 e. The lowest BCUT2D eigenvalue weighted by Gasteiger charge is -2.36. The van der Waals surface area contributed by atoms with Gasteiger partial charge in [0.25, 0.3) is 5.56 Å². The van der Waals surface area contributed by atoms with Crippen LogP contribution >= 0.6 is 0 Å². The molecular weight excluding hydrogens is 351 g/mol. The van der Waals surface area contributed by atoms with E-state index in [0.29, 0.717) is 29.7 Å². The number of ether oxygens (including phenoxy) is 2. The van der Waals surface area contributed by atoms with Crippen molar-refractivity contribution in [2.45, 2.75) is 38.1 Å². The van der Waals surface area contributed by atoms with Crippen molar-refractivity contribution in [3.63, 3.8) is 0 Å². The molecule has 142 valence electrons. The topological polar surface area (TPSA) is 106 Å². The van der Waals surface area contributed by atoms with E-state index in [4.69, 9.17) is 15.2 Å². The molecule has 8 heteroatoms. The van der Waals surface area contributed by atoms with Crippen LogP contribution in [0.4, 0.5) is 10.3 Å². The SMILES string of the molecule is CC(OC1CCCCO1)(c1ccccc1F)c1c[nH]c2c(=O)[nH]c(N)nc12. The molecule has 0 amide bonds. The minimum atomic E-state index is -1.22. The number of anilines is 1. The zero-order valence-corrected chi connectivity index (χ0v) is 14.9. The maximum atomic E-state index is 14.7. The van der Waals surface area contributed by atoms with E-state index in [1.807, 2.05) is 0 Å². The number of hydrogen-bond donors (Lipinski definition) is 3. The number of rotatable bonds is 4. The second-order valence-electron chi connectivity index (χ2n) is 6.80. The van der Waals surface area contributed by atoms with Crippen molar-refractivity contribution < 1.29 is 13.9 Å². The molecule has 2 unspecified atom stereocenters. The summed E-state index contributed by atoms with van der Waals surface area (Å²) < 4.78 is 26.8. The number of nitrogen functional groups attached to an aromatic ring is 1. The van der Waals surface area contributed by atoms with E-state index in [1.165, 1.54) is 6.07 Å². The van der Waals surface area contributed by atoms with Gasteiger partial charge in [0.15, 0.2) is 6.29 Å². The van der Waals surface area contributed by atoms with Crippen LogP contribution in [0.3, 0.4) is 0 Å². The maximum absolute atomic E-state index is 14.7. The van der Waals surface area contributed by atoms with Gasteiger partial charge in [0.05, 0.1) is 0 Å². The zero-order valence-electron chi connectivity index (χ0n) is 14.9. The molecule has 7 nitrogen and oxygen atoms in total. The van der Waals surface area contributed by atoms with E-state index in [9.17, 15) is 9.18 Å². The largest absolute Gasteiger partial charge is 0.369 e. The van der Waals surface area contributed by atoms with Crippen LogP contribution in [0.15, 0.2) is 35.3 Å². The third-order valence-electron chi connectivity index (χ3n) is 4.96.